The number of nitro benzene ring substituents is 1. The molecule has 2 heterocycles. The summed E-state index contributed by atoms with van der Waals surface area (Å²) in [6, 6.07) is 14.1. The van der Waals surface area contributed by atoms with Gasteiger partial charge in [-0.15, -0.1) is 0 Å². The second-order valence-corrected chi connectivity index (χ2v) is 4.62. The third kappa shape index (κ3) is 1.69. The Morgan fingerprint density at radius 1 is 1.10 bits per heavy atom. The molecule has 0 fully saturated rings. The van der Waals surface area contributed by atoms with Crippen LogP contribution in [0.5, 0.6) is 0 Å². The minimum absolute atomic E-state index is 0.0301. The Balaban J connectivity index is 1.98. The zero-order chi connectivity index (χ0) is 14.4. The lowest BCUT2D eigenvalue weighted by atomic mass is 10.1. The zero-order valence-electron chi connectivity index (χ0n) is 10.8. The van der Waals surface area contributed by atoms with Gasteiger partial charge in [0, 0.05) is 12.3 Å². The predicted molar refractivity (Wildman–Crippen MR) is 77.1 cm³/mol. The Kier molecular flexibility index (Phi) is 2.32. The van der Waals surface area contributed by atoms with Gasteiger partial charge in [0.1, 0.15) is 0 Å². The van der Waals surface area contributed by atoms with E-state index < -0.39 is 4.92 Å². The van der Waals surface area contributed by atoms with Crippen LogP contribution in [0.25, 0.3) is 28.2 Å². The normalized spacial score (nSPS) is 11.2. The summed E-state index contributed by atoms with van der Waals surface area (Å²) in [6.45, 7) is 0. The average Bonchev–Trinajstić information content (AvgIpc) is 3.04. The van der Waals surface area contributed by atoms with Gasteiger partial charge < -0.3 is 4.42 Å². The maximum absolute atomic E-state index is 11.1. The maximum atomic E-state index is 11.1. The van der Waals surface area contributed by atoms with Crippen LogP contribution in [-0.2, 0) is 0 Å². The van der Waals surface area contributed by atoms with E-state index in [9.17, 15) is 10.1 Å². The molecule has 102 valence electrons. The van der Waals surface area contributed by atoms with Crippen molar-refractivity contribution in [1.29, 1.82) is 0 Å². The van der Waals surface area contributed by atoms with Gasteiger partial charge in [-0.3, -0.25) is 14.5 Å². The minimum Gasteiger partial charge on any atom is -0.423 e. The molecule has 4 aromatic rings. The van der Waals surface area contributed by atoms with E-state index in [1.807, 2.05) is 24.3 Å². The van der Waals surface area contributed by atoms with Crippen molar-refractivity contribution in [2.45, 2.75) is 0 Å². The summed E-state index contributed by atoms with van der Waals surface area (Å²) in [5, 5.41) is 11.1. The molecule has 0 aliphatic rings. The van der Waals surface area contributed by atoms with Crippen molar-refractivity contribution in [3.8, 4) is 11.3 Å². The molecule has 4 rings (SSSR count). The number of hydrogen-bond acceptors (Lipinski definition) is 4. The van der Waals surface area contributed by atoms with Gasteiger partial charge in [-0.25, -0.2) is 0 Å². The van der Waals surface area contributed by atoms with Crippen molar-refractivity contribution in [3.05, 3.63) is 64.8 Å². The zero-order valence-corrected chi connectivity index (χ0v) is 10.8. The molecule has 2 aromatic carbocycles. The highest BCUT2D eigenvalue weighted by molar-refractivity contribution is 5.79. The van der Waals surface area contributed by atoms with E-state index in [4.69, 9.17) is 4.42 Å². The Hall–Kier alpha value is -3.15. The number of oxazole rings is 1. The summed E-state index contributed by atoms with van der Waals surface area (Å²) in [6.07, 6.45) is 1.75. The van der Waals surface area contributed by atoms with Crippen LogP contribution < -0.4 is 0 Å². The van der Waals surface area contributed by atoms with E-state index in [-0.39, 0.29) is 5.69 Å². The Bertz CT molecular complexity index is 984. The molecule has 0 amide bonds. The number of hydrogen-bond donors (Lipinski definition) is 0. The highest BCUT2D eigenvalue weighted by Crippen LogP contribution is 2.30. The number of rotatable bonds is 2. The minimum atomic E-state index is -0.408. The van der Waals surface area contributed by atoms with Crippen LogP contribution in [0.3, 0.4) is 0 Å². The largest absolute Gasteiger partial charge is 0.423 e. The van der Waals surface area contributed by atoms with Gasteiger partial charge in [0.05, 0.1) is 21.7 Å². The molecular formula is C15H9N3O3. The van der Waals surface area contributed by atoms with Gasteiger partial charge in [0.25, 0.3) is 5.69 Å². The second-order valence-electron chi connectivity index (χ2n) is 4.62. The quantitative estimate of drug-likeness (QED) is 0.414. The van der Waals surface area contributed by atoms with Crippen molar-refractivity contribution in [3.63, 3.8) is 0 Å². The van der Waals surface area contributed by atoms with Gasteiger partial charge in [-0.05, 0) is 18.2 Å². The third-order valence-electron chi connectivity index (χ3n) is 3.38. The summed E-state index contributed by atoms with van der Waals surface area (Å²) < 4.78 is 7.43. The number of para-hydroxylation sites is 3. The molecule has 0 unspecified atom stereocenters. The van der Waals surface area contributed by atoms with Crippen LogP contribution in [0.2, 0.25) is 0 Å². The number of aromatic nitrogens is 2. The molecule has 21 heavy (non-hydrogen) atoms. The molecule has 0 saturated heterocycles. The molecule has 0 saturated carbocycles. The smallest absolute Gasteiger partial charge is 0.307 e. The number of benzene rings is 2. The Morgan fingerprint density at radius 2 is 1.86 bits per heavy atom. The van der Waals surface area contributed by atoms with Crippen LogP contribution in [0, 0.1) is 10.1 Å². The van der Waals surface area contributed by atoms with E-state index in [1.165, 1.54) is 6.07 Å². The summed E-state index contributed by atoms with van der Waals surface area (Å²) in [7, 11) is 0. The maximum Gasteiger partial charge on any atom is 0.307 e. The summed E-state index contributed by atoms with van der Waals surface area (Å²) in [5.74, 6) is 0.421. The fourth-order valence-electron chi connectivity index (χ4n) is 2.43. The first-order chi connectivity index (χ1) is 10.2. The van der Waals surface area contributed by atoms with Gasteiger partial charge in [-0.2, -0.15) is 4.98 Å². The topological polar surface area (TPSA) is 73.6 Å². The summed E-state index contributed by atoms with van der Waals surface area (Å²) in [5.41, 5.74) is 2.64. The van der Waals surface area contributed by atoms with Crippen LogP contribution in [0.1, 0.15) is 0 Å². The number of imidazole rings is 1. The molecule has 0 bridgehead atoms. The van der Waals surface area contributed by atoms with Crippen LogP contribution in [0.4, 0.5) is 5.69 Å². The first-order valence-electron chi connectivity index (χ1n) is 6.34. The van der Waals surface area contributed by atoms with E-state index in [2.05, 4.69) is 4.98 Å². The summed E-state index contributed by atoms with van der Waals surface area (Å²) >= 11 is 0. The van der Waals surface area contributed by atoms with E-state index in [0.717, 1.165) is 11.1 Å². The molecule has 0 spiro atoms. The van der Waals surface area contributed by atoms with Crippen LogP contribution in [0.15, 0.2) is 59.1 Å². The SMILES string of the molecule is O=[N+]([O-])c1ccccc1-c1cn2c(n1)oc1ccccc12. The van der Waals surface area contributed by atoms with Gasteiger partial charge >= 0.3 is 5.84 Å². The number of nitrogens with zero attached hydrogens (tertiary/aromatic N) is 3. The van der Waals surface area contributed by atoms with Crippen LogP contribution >= 0.6 is 0 Å². The Morgan fingerprint density at radius 3 is 2.71 bits per heavy atom. The van der Waals surface area contributed by atoms with Gasteiger partial charge in [0.2, 0.25) is 0 Å². The second kappa shape index (κ2) is 4.17. The van der Waals surface area contributed by atoms with Gasteiger partial charge in [0.15, 0.2) is 5.58 Å². The first kappa shape index (κ1) is 11.7. The van der Waals surface area contributed by atoms with E-state index in [1.54, 1.807) is 28.8 Å². The van der Waals surface area contributed by atoms with Gasteiger partial charge in [-0.1, -0.05) is 24.3 Å². The van der Waals surface area contributed by atoms with Crippen LogP contribution in [-0.4, -0.2) is 14.3 Å². The molecular weight excluding hydrogens is 270 g/mol. The fourth-order valence-corrected chi connectivity index (χ4v) is 2.43. The van der Waals surface area contributed by atoms with Crippen molar-refractivity contribution < 1.29 is 9.34 Å². The Labute approximate surface area is 118 Å². The lowest BCUT2D eigenvalue weighted by molar-refractivity contribution is -0.384. The lowest BCUT2D eigenvalue weighted by Gasteiger charge is -1.98. The molecule has 0 atom stereocenters. The molecule has 0 aliphatic heterocycles. The highest BCUT2D eigenvalue weighted by Gasteiger charge is 2.18. The lowest BCUT2D eigenvalue weighted by Crippen LogP contribution is -1.91. The van der Waals surface area contributed by atoms with E-state index >= 15 is 0 Å². The predicted octanol–water partition coefficient (Wildman–Crippen LogP) is 3.66. The average molecular weight is 279 g/mol. The third-order valence-corrected chi connectivity index (χ3v) is 3.38. The monoisotopic (exact) mass is 279 g/mol. The number of nitro groups is 1. The van der Waals surface area contributed by atoms with Crippen molar-refractivity contribution in [1.82, 2.24) is 9.38 Å². The number of fused-ring (bicyclic) bond motifs is 3. The standard InChI is InChI=1S/C15H9N3O3/c19-18(20)12-6-2-1-5-10(12)11-9-17-13-7-3-4-8-14(13)21-15(17)16-11/h1-9H. The molecule has 2 aromatic heterocycles. The highest BCUT2D eigenvalue weighted by atomic mass is 16.6. The van der Waals surface area contributed by atoms with Crippen molar-refractivity contribution in [2.75, 3.05) is 0 Å². The molecule has 0 aliphatic carbocycles. The summed E-state index contributed by atoms with van der Waals surface area (Å²) in [4.78, 5) is 15.1. The molecule has 6 nitrogen and oxygen atoms in total. The molecule has 0 radical (unpaired) electrons. The molecule has 6 heteroatoms. The van der Waals surface area contributed by atoms with Crippen molar-refractivity contribution >= 4 is 22.6 Å². The van der Waals surface area contributed by atoms with Crippen molar-refractivity contribution in [2.24, 2.45) is 0 Å². The van der Waals surface area contributed by atoms with E-state index in [0.29, 0.717) is 17.1 Å². The molecule has 0 N–H and O–H groups in total. The fraction of sp³-hybridized carbons (Fsp3) is 0. The first-order valence-corrected chi connectivity index (χ1v) is 6.34.